The fraction of sp³-hybridized carbons (Fsp3) is 0.419. The van der Waals surface area contributed by atoms with Crippen molar-refractivity contribution in [2.45, 2.75) is 44.5 Å². The minimum Gasteiger partial charge on any atom is -0.489 e. The van der Waals surface area contributed by atoms with E-state index in [2.05, 4.69) is 40.1 Å². The van der Waals surface area contributed by atoms with Gasteiger partial charge in [0.1, 0.15) is 23.7 Å². The first-order chi connectivity index (χ1) is 20.3. The predicted octanol–water partition coefficient (Wildman–Crippen LogP) is 2.40. The number of hydrogen-bond acceptors (Lipinski definition) is 8. The Bertz CT molecular complexity index is 1510. The number of nitrogens with zero attached hydrogens (tertiary/aromatic N) is 4. The van der Waals surface area contributed by atoms with Gasteiger partial charge in [-0.3, -0.25) is 19.3 Å². The summed E-state index contributed by atoms with van der Waals surface area (Å²) in [5.41, 5.74) is 8.95. The number of primary amides is 1. The normalized spacial score (nSPS) is 19.7. The third-order valence-electron chi connectivity index (χ3n) is 8.26. The molecule has 0 aliphatic carbocycles. The van der Waals surface area contributed by atoms with Gasteiger partial charge in [0.25, 0.3) is 5.91 Å². The van der Waals surface area contributed by atoms with Crippen molar-refractivity contribution in [3.63, 3.8) is 0 Å². The maximum Gasteiger partial charge on any atom is 0.303 e. The van der Waals surface area contributed by atoms with Crippen molar-refractivity contribution in [2.24, 2.45) is 5.73 Å². The van der Waals surface area contributed by atoms with E-state index in [4.69, 9.17) is 25.3 Å². The highest BCUT2D eigenvalue weighted by atomic mass is 16.5. The van der Waals surface area contributed by atoms with Crippen molar-refractivity contribution >= 4 is 34.5 Å². The summed E-state index contributed by atoms with van der Waals surface area (Å²) in [6.45, 7) is 5.91. The van der Waals surface area contributed by atoms with Gasteiger partial charge < -0.3 is 30.1 Å². The molecule has 42 heavy (non-hydrogen) atoms. The van der Waals surface area contributed by atoms with Gasteiger partial charge in [-0.2, -0.15) is 0 Å². The van der Waals surface area contributed by atoms with Crippen LogP contribution in [-0.4, -0.2) is 89.2 Å². The number of morpholine rings is 1. The number of pyridine rings is 1. The molecule has 3 aliphatic rings. The molecule has 2 atom stereocenters. The topological polar surface area (TPSA) is 139 Å². The number of aromatic nitrogens is 1. The Kier molecular flexibility index (Phi) is 7.94. The quantitative estimate of drug-likeness (QED) is 0.374. The minimum absolute atomic E-state index is 0.0170. The fourth-order valence-electron chi connectivity index (χ4n) is 6.08. The summed E-state index contributed by atoms with van der Waals surface area (Å²) < 4.78 is 11.8. The molecule has 0 bridgehead atoms. The van der Waals surface area contributed by atoms with Gasteiger partial charge in [-0.25, -0.2) is 4.98 Å². The molecule has 0 spiro atoms. The number of carbonyl (C=O) groups excluding carboxylic acids is 2. The first-order valence-corrected chi connectivity index (χ1v) is 14.4. The molecule has 6 rings (SSSR count). The number of aliphatic carboxylic acids is 1. The van der Waals surface area contributed by atoms with Crippen LogP contribution in [0.1, 0.15) is 40.7 Å². The van der Waals surface area contributed by atoms with E-state index in [1.165, 1.54) is 10.5 Å². The van der Waals surface area contributed by atoms with Gasteiger partial charge in [-0.1, -0.05) is 6.07 Å². The molecule has 4 heterocycles. The molecule has 2 amide bonds. The molecule has 1 aromatic heterocycles. The van der Waals surface area contributed by atoms with Crippen molar-refractivity contribution in [3.8, 4) is 5.75 Å². The number of ether oxygens (including phenoxy) is 2. The molecular weight excluding hydrogens is 538 g/mol. The lowest BCUT2D eigenvalue weighted by atomic mass is 10.1. The minimum atomic E-state index is -1.04. The van der Waals surface area contributed by atoms with Crippen LogP contribution in [0.2, 0.25) is 0 Å². The smallest absolute Gasteiger partial charge is 0.303 e. The number of likely N-dealkylation sites (tertiary alicyclic amines) is 1. The Morgan fingerprint density at radius 1 is 1.10 bits per heavy atom. The second-order valence-corrected chi connectivity index (χ2v) is 11.2. The van der Waals surface area contributed by atoms with Gasteiger partial charge in [0, 0.05) is 56.6 Å². The van der Waals surface area contributed by atoms with E-state index in [0.29, 0.717) is 11.3 Å². The Morgan fingerprint density at radius 3 is 2.71 bits per heavy atom. The van der Waals surface area contributed by atoms with Crippen LogP contribution in [0.4, 0.5) is 5.82 Å². The predicted molar refractivity (Wildman–Crippen MR) is 155 cm³/mol. The molecule has 3 aliphatic heterocycles. The molecule has 1 unspecified atom stereocenters. The average Bonchev–Trinajstić information content (AvgIpc) is 3.56. The summed E-state index contributed by atoms with van der Waals surface area (Å²) in [5.74, 6) is -0.403. The average molecular weight is 574 g/mol. The number of anilines is 1. The molecule has 11 nitrogen and oxygen atoms in total. The number of carboxylic acid groups (broad SMARTS) is 1. The van der Waals surface area contributed by atoms with Crippen LogP contribution in [-0.2, 0) is 27.4 Å². The maximum absolute atomic E-state index is 12.9. The molecule has 2 saturated heterocycles. The van der Waals surface area contributed by atoms with E-state index >= 15 is 0 Å². The zero-order valence-corrected chi connectivity index (χ0v) is 23.4. The molecule has 0 saturated carbocycles. The summed E-state index contributed by atoms with van der Waals surface area (Å²) in [7, 11) is 0. The van der Waals surface area contributed by atoms with E-state index in [9.17, 15) is 14.4 Å². The van der Waals surface area contributed by atoms with E-state index in [1.807, 2.05) is 6.07 Å². The van der Waals surface area contributed by atoms with Crippen molar-refractivity contribution in [1.29, 1.82) is 0 Å². The van der Waals surface area contributed by atoms with E-state index in [-0.39, 0.29) is 31.4 Å². The molecule has 11 heteroatoms. The van der Waals surface area contributed by atoms with Crippen molar-refractivity contribution in [2.75, 3.05) is 44.3 Å². The molecule has 2 aromatic carbocycles. The zero-order chi connectivity index (χ0) is 29.2. The summed E-state index contributed by atoms with van der Waals surface area (Å²) in [5, 5.41) is 10.1. The molecular formula is C31H35N5O6. The van der Waals surface area contributed by atoms with E-state index in [0.717, 1.165) is 74.6 Å². The summed E-state index contributed by atoms with van der Waals surface area (Å²) in [6, 6.07) is 15.0. The lowest BCUT2D eigenvalue weighted by Gasteiger charge is -2.28. The third-order valence-corrected chi connectivity index (χ3v) is 8.26. The maximum atomic E-state index is 12.9. The molecule has 3 N–H and O–H groups in total. The second-order valence-electron chi connectivity index (χ2n) is 11.2. The van der Waals surface area contributed by atoms with Crippen LogP contribution in [0.3, 0.4) is 0 Å². The number of hydrogen-bond donors (Lipinski definition) is 2. The van der Waals surface area contributed by atoms with E-state index < -0.39 is 17.9 Å². The number of fused-ring (bicyclic) bond motifs is 2. The van der Waals surface area contributed by atoms with Crippen LogP contribution in [0, 0.1) is 0 Å². The first-order valence-electron chi connectivity index (χ1n) is 14.4. The van der Waals surface area contributed by atoms with Crippen molar-refractivity contribution in [1.82, 2.24) is 14.8 Å². The Morgan fingerprint density at radius 2 is 1.93 bits per heavy atom. The van der Waals surface area contributed by atoms with Crippen LogP contribution < -0.4 is 15.4 Å². The standard InChI is InChI=1S/C31H35N5O6/c32-30(39)27(6-8-29(37)38)36-18-22-16-23(3-4-25(22)31(36)40)42-24-9-10-34(19-24)17-20-1-5-26-21(15-20)2-7-28(33-26)35-11-13-41-14-12-35/h1-5,7,15-16,24,27H,6,8-14,17-19H2,(H2,32,39)(H,37,38)/t24-,27?/m0/s1. The largest absolute Gasteiger partial charge is 0.489 e. The highest BCUT2D eigenvalue weighted by Gasteiger charge is 2.36. The zero-order valence-electron chi connectivity index (χ0n) is 23.4. The number of rotatable bonds is 10. The van der Waals surface area contributed by atoms with Gasteiger partial charge in [-0.05, 0) is 66.4 Å². The Balaban J connectivity index is 1.05. The second kappa shape index (κ2) is 11.9. The van der Waals surface area contributed by atoms with Gasteiger partial charge >= 0.3 is 5.97 Å². The number of nitrogens with two attached hydrogens (primary N) is 1. The Hall–Kier alpha value is -4.22. The lowest BCUT2D eigenvalue weighted by molar-refractivity contribution is -0.137. The van der Waals surface area contributed by atoms with Crippen LogP contribution >= 0.6 is 0 Å². The van der Waals surface area contributed by atoms with Crippen molar-refractivity contribution < 1.29 is 29.0 Å². The van der Waals surface area contributed by atoms with Gasteiger partial charge in [0.05, 0.1) is 18.7 Å². The SMILES string of the molecule is NC(=O)C(CCC(=O)O)N1Cc2cc(O[C@H]3CCN(Cc4ccc5nc(N6CCOCC6)ccc5c4)C3)ccc2C1=O. The first kappa shape index (κ1) is 27.9. The highest BCUT2D eigenvalue weighted by Crippen LogP contribution is 2.31. The van der Waals surface area contributed by atoms with Crippen LogP contribution in [0.25, 0.3) is 10.9 Å². The van der Waals surface area contributed by atoms with Gasteiger partial charge in [0.15, 0.2) is 0 Å². The summed E-state index contributed by atoms with van der Waals surface area (Å²) >= 11 is 0. The Labute approximate surface area is 243 Å². The summed E-state index contributed by atoms with van der Waals surface area (Å²) in [4.78, 5) is 46.8. The monoisotopic (exact) mass is 573 g/mol. The third kappa shape index (κ3) is 6.02. The number of carboxylic acids is 1. The molecule has 220 valence electrons. The van der Waals surface area contributed by atoms with Gasteiger partial charge in [0.2, 0.25) is 5.91 Å². The van der Waals surface area contributed by atoms with Crippen molar-refractivity contribution in [3.05, 3.63) is 65.2 Å². The number of benzene rings is 2. The fourth-order valence-corrected chi connectivity index (χ4v) is 6.08. The van der Waals surface area contributed by atoms with Gasteiger partial charge in [-0.15, -0.1) is 0 Å². The van der Waals surface area contributed by atoms with Crippen LogP contribution in [0.15, 0.2) is 48.5 Å². The number of amides is 2. The summed E-state index contributed by atoms with van der Waals surface area (Å²) in [6.07, 6.45) is 0.642. The number of carbonyl (C=O) groups is 3. The van der Waals surface area contributed by atoms with Crippen LogP contribution in [0.5, 0.6) is 5.75 Å². The molecule has 0 radical (unpaired) electrons. The highest BCUT2D eigenvalue weighted by molar-refractivity contribution is 6.01. The van der Waals surface area contributed by atoms with E-state index in [1.54, 1.807) is 12.1 Å². The molecule has 2 fully saturated rings. The lowest BCUT2D eigenvalue weighted by Crippen LogP contribution is -2.45. The molecule has 3 aromatic rings.